The zero-order valence-electron chi connectivity index (χ0n) is 10.7. The Bertz CT molecular complexity index is 515. The van der Waals surface area contributed by atoms with Gasteiger partial charge >= 0.3 is 0 Å². The molecule has 0 heterocycles. The average Bonchev–Trinajstić information content (AvgIpc) is 2.42. The van der Waals surface area contributed by atoms with E-state index < -0.39 is 0 Å². The van der Waals surface area contributed by atoms with Crippen LogP contribution in [-0.2, 0) is 4.84 Å². The normalized spacial score (nSPS) is 11.3. The topological polar surface area (TPSA) is 21.3 Å². The number of hydrogen-bond acceptors (Lipinski definition) is 2. The van der Waals surface area contributed by atoms with Crippen LogP contribution in [0.2, 0.25) is 0 Å². The number of nitrogens with one attached hydrogen (secondary N) is 1. The molecule has 0 unspecified atom stereocenters. The van der Waals surface area contributed by atoms with Gasteiger partial charge in [-0.1, -0.05) is 60.2 Å². The summed E-state index contributed by atoms with van der Waals surface area (Å²) in [6, 6.07) is 18.5. The minimum absolute atomic E-state index is 0.946. The number of hydrogen-bond donors (Lipinski definition) is 1. The minimum Gasteiger partial charge on any atom is -0.279 e. The third-order valence-electron chi connectivity index (χ3n) is 2.69. The lowest BCUT2D eigenvalue weighted by Gasteiger charge is -2.09. The summed E-state index contributed by atoms with van der Waals surface area (Å²) in [6.07, 6.45) is 2.07. The Labute approximate surface area is 108 Å². The molecule has 0 aromatic heterocycles. The summed E-state index contributed by atoms with van der Waals surface area (Å²) in [5.74, 6) is 0. The highest BCUT2D eigenvalue weighted by atomic mass is 16.6. The van der Waals surface area contributed by atoms with E-state index in [9.17, 15) is 0 Å². The largest absolute Gasteiger partial charge is 0.279 e. The molecule has 0 aliphatic carbocycles. The van der Waals surface area contributed by atoms with Gasteiger partial charge in [0.1, 0.15) is 0 Å². The molecule has 2 nitrogen and oxygen atoms in total. The van der Waals surface area contributed by atoms with Crippen molar-refractivity contribution < 1.29 is 4.84 Å². The van der Waals surface area contributed by atoms with Gasteiger partial charge in [0.15, 0.2) is 0 Å². The van der Waals surface area contributed by atoms with Gasteiger partial charge in [0.25, 0.3) is 0 Å². The lowest BCUT2D eigenvalue weighted by atomic mass is 10.1. The molecule has 0 spiro atoms. The van der Waals surface area contributed by atoms with Crippen LogP contribution in [-0.4, -0.2) is 7.11 Å². The van der Waals surface area contributed by atoms with E-state index in [-0.39, 0.29) is 0 Å². The predicted molar refractivity (Wildman–Crippen MR) is 75.6 cm³/mol. The second kappa shape index (κ2) is 6.03. The molecule has 0 fully saturated rings. The molecule has 92 valence electrons. The highest BCUT2D eigenvalue weighted by molar-refractivity contribution is 5.79. The predicted octanol–water partition coefficient (Wildman–Crippen LogP) is 3.64. The fourth-order valence-electron chi connectivity index (χ4n) is 1.73. The molecule has 0 radical (unpaired) electrons. The van der Waals surface area contributed by atoms with Crippen molar-refractivity contribution in [3.63, 3.8) is 0 Å². The molecule has 0 bridgehead atoms. The van der Waals surface area contributed by atoms with Crippen molar-refractivity contribution in [3.8, 4) is 0 Å². The molecule has 0 aliphatic rings. The Morgan fingerprint density at radius 3 is 2.28 bits per heavy atom. The Morgan fingerprint density at radius 1 is 1.00 bits per heavy atom. The van der Waals surface area contributed by atoms with Gasteiger partial charge in [-0.25, -0.2) is 0 Å². The van der Waals surface area contributed by atoms with Crippen LogP contribution >= 0.6 is 0 Å². The van der Waals surface area contributed by atoms with Crippen molar-refractivity contribution in [2.75, 3.05) is 7.11 Å². The second-order valence-electron chi connectivity index (χ2n) is 4.14. The lowest BCUT2D eigenvalue weighted by molar-refractivity contribution is 0.137. The first-order valence-electron chi connectivity index (χ1n) is 5.92. The smallest absolute Gasteiger partial charge is 0.0682 e. The molecule has 2 heteroatoms. The second-order valence-corrected chi connectivity index (χ2v) is 4.14. The van der Waals surface area contributed by atoms with Crippen molar-refractivity contribution in [1.82, 2.24) is 5.48 Å². The van der Waals surface area contributed by atoms with Crippen molar-refractivity contribution in [1.29, 1.82) is 0 Å². The number of rotatable bonds is 4. The lowest BCUT2D eigenvalue weighted by Crippen LogP contribution is -2.09. The summed E-state index contributed by atoms with van der Waals surface area (Å²) in [6.45, 7) is 2.08. The van der Waals surface area contributed by atoms with Gasteiger partial charge in [-0.3, -0.25) is 10.3 Å². The fraction of sp³-hybridized carbons (Fsp3) is 0.125. The van der Waals surface area contributed by atoms with E-state index in [1.165, 1.54) is 5.56 Å². The van der Waals surface area contributed by atoms with Crippen molar-refractivity contribution in [2.45, 2.75) is 6.92 Å². The molecule has 2 rings (SSSR count). The number of aryl methyl sites for hydroxylation is 1. The van der Waals surface area contributed by atoms with Gasteiger partial charge in [-0.05, 0) is 24.1 Å². The van der Waals surface area contributed by atoms with Gasteiger partial charge in [0, 0.05) is 0 Å². The molecule has 2 aromatic rings. The summed E-state index contributed by atoms with van der Waals surface area (Å²) in [5, 5.41) is 0. The van der Waals surface area contributed by atoms with E-state index in [1.54, 1.807) is 7.11 Å². The molecule has 0 saturated heterocycles. The van der Waals surface area contributed by atoms with E-state index in [0.717, 1.165) is 16.8 Å². The molecule has 0 amide bonds. The Kier molecular flexibility index (Phi) is 4.15. The van der Waals surface area contributed by atoms with E-state index >= 15 is 0 Å². The molecule has 1 N–H and O–H groups in total. The van der Waals surface area contributed by atoms with Crippen molar-refractivity contribution in [3.05, 3.63) is 71.3 Å². The average molecular weight is 239 g/mol. The van der Waals surface area contributed by atoms with Crippen molar-refractivity contribution >= 4 is 11.8 Å². The summed E-state index contributed by atoms with van der Waals surface area (Å²) >= 11 is 0. The Morgan fingerprint density at radius 2 is 1.67 bits per heavy atom. The maximum Gasteiger partial charge on any atom is 0.0682 e. The van der Waals surface area contributed by atoms with Crippen LogP contribution in [0.3, 0.4) is 0 Å². The monoisotopic (exact) mass is 239 g/mol. The molecule has 0 saturated carbocycles. The first-order chi connectivity index (χ1) is 8.79. The fourth-order valence-corrected chi connectivity index (χ4v) is 1.73. The summed E-state index contributed by atoms with van der Waals surface area (Å²) in [4.78, 5) is 5.04. The quantitative estimate of drug-likeness (QED) is 0.649. The van der Waals surface area contributed by atoms with Gasteiger partial charge < -0.3 is 0 Å². The first-order valence-corrected chi connectivity index (χ1v) is 5.92. The first kappa shape index (κ1) is 12.4. The van der Waals surface area contributed by atoms with Crippen LogP contribution in [0, 0.1) is 6.92 Å². The SMILES string of the molecule is CONC(=Cc1ccc(C)cc1)c1ccccc1. The maximum atomic E-state index is 5.04. The van der Waals surface area contributed by atoms with Crippen LogP contribution < -0.4 is 5.48 Å². The Hall–Kier alpha value is -2.06. The number of hydroxylamine groups is 1. The van der Waals surface area contributed by atoms with Gasteiger partial charge in [-0.2, -0.15) is 0 Å². The van der Waals surface area contributed by atoms with Crippen molar-refractivity contribution in [2.24, 2.45) is 0 Å². The van der Waals surface area contributed by atoms with Crippen LogP contribution in [0.5, 0.6) is 0 Å². The molecule has 0 atom stereocenters. The third kappa shape index (κ3) is 3.22. The highest BCUT2D eigenvalue weighted by Gasteiger charge is 2.00. The van der Waals surface area contributed by atoms with E-state index in [2.05, 4.69) is 42.7 Å². The van der Waals surface area contributed by atoms with Crippen LogP contribution in [0.4, 0.5) is 0 Å². The van der Waals surface area contributed by atoms with Crippen LogP contribution in [0.25, 0.3) is 11.8 Å². The zero-order chi connectivity index (χ0) is 12.8. The maximum absolute atomic E-state index is 5.04. The minimum atomic E-state index is 0.946. The zero-order valence-corrected chi connectivity index (χ0v) is 10.7. The molecular weight excluding hydrogens is 222 g/mol. The van der Waals surface area contributed by atoms with E-state index in [4.69, 9.17) is 4.84 Å². The molecule has 0 aliphatic heterocycles. The van der Waals surface area contributed by atoms with Gasteiger partial charge in [-0.15, -0.1) is 0 Å². The molecular formula is C16H17NO. The van der Waals surface area contributed by atoms with Gasteiger partial charge in [0.05, 0.1) is 12.8 Å². The molecule has 2 aromatic carbocycles. The van der Waals surface area contributed by atoms with Gasteiger partial charge in [0.2, 0.25) is 0 Å². The highest BCUT2D eigenvalue weighted by Crippen LogP contribution is 2.15. The number of benzene rings is 2. The standard InChI is InChI=1S/C16H17NO/c1-13-8-10-14(11-9-13)12-16(17-18-2)15-6-4-3-5-7-15/h3-12,17H,1-2H3. The van der Waals surface area contributed by atoms with Crippen LogP contribution in [0.1, 0.15) is 16.7 Å². The van der Waals surface area contributed by atoms with E-state index in [0.29, 0.717) is 0 Å². The third-order valence-corrected chi connectivity index (χ3v) is 2.69. The summed E-state index contributed by atoms with van der Waals surface area (Å²) in [5.41, 5.74) is 7.37. The van der Waals surface area contributed by atoms with E-state index in [1.807, 2.05) is 30.3 Å². The summed E-state index contributed by atoms with van der Waals surface area (Å²) < 4.78 is 0. The summed E-state index contributed by atoms with van der Waals surface area (Å²) in [7, 11) is 1.62. The van der Waals surface area contributed by atoms with Crippen LogP contribution in [0.15, 0.2) is 54.6 Å². The molecule has 18 heavy (non-hydrogen) atoms. The Balaban J connectivity index is 2.33.